The second-order valence-corrected chi connectivity index (χ2v) is 9.46. The van der Waals surface area contributed by atoms with Gasteiger partial charge in [-0.3, -0.25) is 9.36 Å². The lowest BCUT2D eigenvalue weighted by atomic mass is 9.96. The van der Waals surface area contributed by atoms with E-state index in [1.807, 2.05) is 0 Å². The van der Waals surface area contributed by atoms with Gasteiger partial charge in [0, 0.05) is 5.02 Å². The van der Waals surface area contributed by atoms with Crippen molar-refractivity contribution in [1.29, 1.82) is 0 Å². The highest BCUT2D eigenvalue weighted by Crippen LogP contribution is 2.31. The third-order valence-corrected chi connectivity index (χ3v) is 6.46. The van der Waals surface area contributed by atoms with Crippen LogP contribution in [0.25, 0.3) is 6.08 Å². The fraction of sp³-hybridized carbons (Fsp3) is 0.200. The number of carbonyl (C=O) groups is 2. The number of hydrogen-bond acceptors (Lipinski definition) is 6. The molecule has 0 fully saturated rings. The molecular weight excluding hydrogens is 476 g/mol. The molecular formula is C25H21ClN2O5S. The van der Waals surface area contributed by atoms with Gasteiger partial charge < -0.3 is 9.84 Å². The van der Waals surface area contributed by atoms with Crippen molar-refractivity contribution in [3.63, 3.8) is 0 Å². The molecule has 0 radical (unpaired) electrons. The number of benzene rings is 2. The van der Waals surface area contributed by atoms with Gasteiger partial charge in [-0.05, 0) is 62.2 Å². The standard InChI is InChI=1S/C25H21ClN2O5S/c1-13(2)33-24(32)20-14(3)27-25-28(21(20)16-8-10-18(26)11-9-16)22(29)19(34-25)12-15-4-6-17(7-5-15)23(30)31/h4-13,21H,1-3H3,(H,30,31)/b19-12-/t21-/m0/s1. The average Bonchev–Trinajstić information content (AvgIpc) is 3.07. The summed E-state index contributed by atoms with van der Waals surface area (Å²) in [5, 5.41) is 9.63. The van der Waals surface area contributed by atoms with Crippen LogP contribution in [0, 0.1) is 0 Å². The summed E-state index contributed by atoms with van der Waals surface area (Å²) in [7, 11) is 0. The number of fused-ring (bicyclic) bond motifs is 1. The Kier molecular flexibility index (Phi) is 6.54. The molecule has 2 heterocycles. The van der Waals surface area contributed by atoms with Crippen LogP contribution >= 0.6 is 22.9 Å². The lowest BCUT2D eigenvalue weighted by Crippen LogP contribution is -2.40. The van der Waals surface area contributed by atoms with E-state index in [1.165, 1.54) is 28.0 Å². The van der Waals surface area contributed by atoms with Gasteiger partial charge in [-0.2, -0.15) is 0 Å². The monoisotopic (exact) mass is 496 g/mol. The molecule has 174 valence electrons. The molecule has 1 aliphatic rings. The molecule has 3 aromatic rings. The summed E-state index contributed by atoms with van der Waals surface area (Å²) in [6.07, 6.45) is 1.34. The van der Waals surface area contributed by atoms with Crippen LogP contribution in [0.4, 0.5) is 0 Å². The van der Waals surface area contributed by atoms with E-state index in [0.29, 0.717) is 36.8 Å². The van der Waals surface area contributed by atoms with Gasteiger partial charge in [0.2, 0.25) is 0 Å². The van der Waals surface area contributed by atoms with E-state index in [1.54, 1.807) is 63.2 Å². The zero-order chi connectivity index (χ0) is 24.6. The summed E-state index contributed by atoms with van der Waals surface area (Å²) in [5.41, 5.74) is 1.99. The van der Waals surface area contributed by atoms with Crippen LogP contribution in [0.1, 0.15) is 48.3 Å². The molecule has 4 rings (SSSR count). The van der Waals surface area contributed by atoms with E-state index < -0.39 is 18.0 Å². The molecule has 1 atom stereocenters. The Balaban J connectivity index is 1.90. The first-order chi connectivity index (χ1) is 16.2. The number of aromatic nitrogens is 1. The van der Waals surface area contributed by atoms with Crippen LogP contribution < -0.4 is 14.9 Å². The van der Waals surface area contributed by atoms with E-state index in [4.69, 9.17) is 21.4 Å². The van der Waals surface area contributed by atoms with Crippen LogP contribution in [0.5, 0.6) is 0 Å². The summed E-state index contributed by atoms with van der Waals surface area (Å²) in [6.45, 7) is 5.24. The van der Waals surface area contributed by atoms with Gasteiger partial charge in [0.25, 0.3) is 5.56 Å². The Bertz CT molecular complexity index is 1480. The molecule has 0 saturated carbocycles. The molecule has 1 aromatic heterocycles. The van der Waals surface area contributed by atoms with Crippen molar-refractivity contribution in [2.75, 3.05) is 0 Å². The van der Waals surface area contributed by atoms with Crippen molar-refractivity contribution >= 4 is 41.0 Å². The Labute approximate surface area is 203 Å². The largest absolute Gasteiger partial charge is 0.478 e. The first-order valence-corrected chi connectivity index (χ1v) is 11.7. The first-order valence-electron chi connectivity index (χ1n) is 10.5. The number of nitrogens with zero attached hydrogens (tertiary/aromatic N) is 2. The number of thiazole rings is 1. The van der Waals surface area contributed by atoms with Gasteiger partial charge in [-0.15, -0.1) is 0 Å². The minimum Gasteiger partial charge on any atom is -0.478 e. The maximum atomic E-state index is 13.5. The second-order valence-electron chi connectivity index (χ2n) is 8.01. The number of rotatable bonds is 5. The predicted molar refractivity (Wildman–Crippen MR) is 130 cm³/mol. The molecule has 0 saturated heterocycles. The van der Waals surface area contributed by atoms with E-state index in [-0.39, 0.29) is 17.2 Å². The zero-order valence-corrected chi connectivity index (χ0v) is 20.2. The first kappa shape index (κ1) is 23.7. The molecule has 0 spiro atoms. The molecule has 7 nitrogen and oxygen atoms in total. The molecule has 0 unspecified atom stereocenters. The topological polar surface area (TPSA) is 98.0 Å². The summed E-state index contributed by atoms with van der Waals surface area (Å²) in [5.74, 6) is -1.56. The molecule has 0 bridgehead atoms. The molecule has 0 aliphatic carbocycles. The molecule has 1 aliphatic heterocycles. The minimum absolute atomic E-state index is 0.158. The number of esters is 1. The molecule has 9 heteroatoms. The number of carbonyl (C=O) groups excluding carboxylic acids is 1. The van der Waals surface area contributed by atoms with Gasteiger partial charge in [-0.25, -0.2) is 14.6 Å². The van der Waals surface area contributed by atoms with Crippen LogP contribution in [0.2, 0.25) is 5.02 Å². The number of allylic oxidation sites excluding steroid dienone is 1. The highest BCUT2D eigenvalue weighted by Gasteiger charge is 2.33. The molecule has 2 aromatic carbocycles. The van der Waals surface area contributed by atoms with Crippen LogP contribution in [0.3, 0.4) is 0 Å². The summed E-state index contributed by atoms with van der Waals surface area (Å²) >= 11 is 7.27. The SMILES string of the molecule is CC1=C(C(=O)OC(C)C)[C@H](c2ccc(Cl)cc2)n2c(s/c(=C\c3ccc(C(=O)O)cc3)c2=O)=N1. The number of hydrogen-bond donors (Lipinski definition) is 1. The van der Waals surface area contributed by atoms with Crippen LogP contribution in [-0.4, -0.2) is 27.7 Å². The number of carboxylic acid groups (broad SMARTS) is 1. The summed E-state index contributed by atoms with van der Waals surface area (Å²) < 4.78 is 7.38. The molecule has 34 heavy (non-hydrogen) atoms. The van der Waals surface area contributed by atoms with Gasteiger partial charge in [-0.1, -0.05) is 47.2 Å². The minimum atomic E-state index is -1.02. The third-order valence-electron chi connectivity index (χ3n) is 5.23. The van der Waals surface area contributed by atoms with Crippen molar-refractivity contribution in [2.45, 2.75) is 32.9 Å². The molecule has 1 N–H and O–H groups in total. The van der Waals surface area contributed by atoms with Crippen LogP contribution in [0.15, 0.2) is 69.6 Å². The fourth-order valence-corrected chi connectivity index (χ4v) is 4.87. The Morgan fingerprint density at radius 3 is 2.38 bits per heavy atom. The van der Waals surface area contributed by atoms with Crippen molar-refractivity contribution in [3.8, 4) is 0 Å². The average molecular weight is 497 g/mol. The lowest BCUT2D eigenvalue weighted by molar-refractivity contribution is -0.143. The van der Waals surface area contributed by atoms with E-state index in [9.17, 15) is 14.4 Å². The maximum absolute atomic E-state index is 13.5. The van der Waals surface area contributed by atoms with Crippen molar-refractivity contribution in [1.82, 2.24) is 4.57 Å². The maximum Gasteiger partial charge on any atom is 0.338 e. The van der Waals surface area contributed by atoms with Gasteiger partial charge in [0.05, 0.1) is 33.5 Å². The number of ether oxygens (including phenoxy) is 1. The zero-order valence-electron chi connectivity index (χ0n) is 18.6. The predicted octanol–water partition coefficient (Wildman–Crippen LogP) is 3.54. The fourth-order valence-electron chi connectivity index (χ4n) is 3.69. The van der Waals surface area contributed by atoms with Gasteiger partial charge >= 0.3 is 11.9 Å². The quantitative estimate of drug-likeness (QED) is 0.545. The lowest BCUT2D eigenvalue weighted by Gasteiger charge is -2.25. The number of aromatic carboxylic acids is 1. The number of halogens is 1. The normalized spacial score (nSPS) is 15.8. The summed E-state index contributed by atoms with van der Waals surface area (Å²) in [4.78, 5) is 42.7. The van der Waals surface area contributed by atoms with Gasteiger partial charge in [0.15, 0.2) is 4.80 Å². The van der Waals surface area contributed by atoms with Crippen LogP contribution in [-0.2, 0) is 9.53 Å². The number of carboxylic acids is 1. The van der Waals surface area contributed by atoms with E-state index >= 15 is 0 Å². The smallest absolute Gasteiger partial charge is 0.338 e. The second kappa shape index (κ2) is 9.40. The highest BCUT2D eigenvalue weighted by atomic mass is 35.5. The van der Waals surface area contributed by atoms with Crippen molar-refractivity contribution < 1.29 is 19.4 Å². The third kappa shape index (κ3) is 4.60. The highest BCUT2D eigenvalue weighted by molar-refractivity contribution is 7.07. The summed E-state index contributed by atoms with van der Waals surface area (Å²) in [6, 6.07) is 12.5. The Hall–Kier alpha value is -3.49. The Morgan fingerprint density at radius 1 is 1.15 bits per heavy atom. The Morgan fingerprint density at radius 2 is 1.79 bits per heavy atom. The van der Waals surface area contributed by atoms with Gasteiger partial charge in [0.1, 0.15) is 0 Å². The van der Waals surface area contributed by atoms with E-state index in [0.717, 1.165) is 0 Å². The van der Waals surface area contributed by atoms with E-state index in [2.05, 4.69) is 4.99 Å². The van der Waals surface area contributed by atoms with Crippen molar-refractivity contribution in [3.05, 3.63) is 101 Å². The van der Waals surface area contributed by atoms with Crippen molar-refractivity contribution in [2.24, 2.45) is 4.99 Å². The molecule has 0 amide bonds.